The van der Waals surface area contributed by atoms with Crippen LogP contribution in [0.4, 0.5) is 0 Å². The van der Waals surface area contributed by atoms with Crippen molar-refractivity contribution in [1.29, 1.82) is 0 Å². The second-order valence-electron chi connectivity index (χ2n) is 4.92. The van der Waals surface area contributed by atoms with Gasteiger partial charge in [0.2, 0.25) is 0 Å². The van der Waals surface area contributed by atoms with Gasteiger partial charge in [-0.25, -0.2) is 10.2 Å². The van der Waals surface area contributed by atoms with Crippen molar-refractivity contribution in [3.8, 4) is 11.5 Å². The number of nitrogens with zero attached hydrogens (tertiary/aromatic N) is 2. The van der Waals surface area contributed by atoms with E-state index in [1.807, 2.05) is 6.92 Å². The number of hydrogen-bond donors (Lipinski definition) is 2. The maximum absolute atomic E-state index is 12.0. The number of methoxy groups -OCH3 is 1. The number of aryl methyl sites for hydroxylation is 1. The summed E-state index contributed by atoms with van der Waals surface area (Å²) in [7, 11) is 1.55. The molecule has 0 radical (unpaired) electrons. The van der Waals surface area contributed by atoms with Gasteiger partial charge in [0.1, 0.15) is 5.69 Å². The average molecular weight is 409 g/mol. The predicted octanol–water partition coefficient (Wildman–Crippen LogP) is 2.01. The lowest BCUT2D eigenvalue weighted by molar-refractivity contribution is 0.0949. The number of halogens is 1. The van der Waals surface area contributed by atoms with Crippen LogP contribution in [0.1, 0.15) is 28.7 Å². The smallest absolute Gasteiger partial charge is 0.345 e. The topological polar surface area (TPSA) is 106 Å². The number of carbonyl (C=O) groups is 1. The SMILES string of the molecule is CCOc1cc(/C=N/NC(=O)c2cc(C)[nH]c(=O)n2)cc(Br)c1OC. The van der Waals surface area contributed by atoms with Gasteiger partial charge in [-0.3, -0.25) is 4.79 Å². The molecule has 25 heavy (non-hydrogen) atoms. The van der Waals surface area contributed by atoms with Crippen LogP contribution in [0.25, 0.3) is 0 Å². The maximum Gasteiger partial charge on any atom is 0.345 e. The Balaban J connectivity index is 2.16. The molecule has 2 aromatic rings. The number of nitrogens with one attached hydrogen (secondary N) is 2. The Bertz CT molecular complexity index is 864. The molecule has 1 heterocycles. The Hall–Kier alpha value is -2.68. The van der Waals surface area contributed by atoms with Crippen LogP contribution in [-0.4, -0.2) is 35.8 Å². The zero-order valence-corrected chi connectivity index (χ0v) is 15.5. The van der Waals surface area contributed by atoms with E-state index < -0.39 is 11.6 Å². The quantitative estimate of drug-likeness (QED) is 0.561. The van der Waals surface area contributed by atoms with Gasteiger partial charge in [-0.2, -0.15) is 10.1 Å². The molecule has 2 rings (SSSR count). The van der Waals surface area contributed by atoms with Crippen molar-refractivity contribution in [2.45, 2.75) is 13.8 Å². The minimum absolute atomic E-state index is 0.00989. The van der Waals surface area contributed by atoms with Crippen molar-refractivity contribution in [2.75, 3.05) is 13.7 Å². The Morgan fingerprint density at radius 1 is 1.44 bits per heavy atom. The molecule has 2 N–H and O–H groups in total. The normalized spacial score (nSPS) is 10.7. The fourth-order valence-electron chi connectivity index (χ4n) is 2.04. The molecule has 0 bridgehead atoms. The van der Waals surface area contributed by atoms with E-state index in [2.05, 4.69) is 36.4 Å². The van der Waals surface area contributed by atoms with Crippen molar-refractivity contribution >= 4 is 28.1 Å². The van der Waals surface area contributed by atoms with Gasteiger partial charge in [-0.15, -0.1) is 0 Å². The van der Waals surface area contributed by atoms with Crippen LogP contribution in [0, 0.1) is 6.92 Å². The van der Waals surface area contributed by atoms with Gasteiger partial charge in [0.15, 0.2) is 11.5 Å². The molecule has 0 saturated carbocycles. The summed E-state index contributed by atoms with van der Waals surface area (Å²) in [6.07, 6.45) is 1.45. The summed E-state index contributed by atoms with van der Waals surface area (Å²) in [6, 6.07) is 4.97. The van der Waals surface area contributed by atoms with Crippen molar-refractivity contribution in [1.82, 2.24) is 15.4 Å². The van der Waals surface area contributed by atoms with Gasteiger partial charge >= 0.3 is 5.69 Å². The van der Waals surface area contributed by atoms with Crippen LogP contribution >= 0.6 is 15.9 Å². The second-order valence-corrected chi connectivity index (χ2v) is 5.78. The number of hydrazone groups is 1. The maximum atomic E-state index is 12.0. The summed E-state index contributed by atoms with van der Waals surface area (Å²) in [4.78, 5) is 29.3. The number of amides is 1. The summed E-state index contributed by atoms with van der Waals surface area (Å²) >= 11 is 3.40. The lowest BCUT2D eigenvalue weighted by Crippen LogP contribution is -2.24. The minimum atomic E-state index is -0.588. The van der Waals surface area contributed by atoms with Crippen molar-refractivity contribution in [2.24, 2.45) is 5.10 Å². The van der Waals surface area contributed by atoms with Crippen molar-refractivity contribution < 1.29 is 14.3 Å². The molecule has 1 aromatic carbocycles. The van der Waals surface area contributed by atoms with Gasteiger partial charge in [0.05, 0.1) is 24.4 Å². The third-order valence-corrected chi connectivity index (χ3v) is 3.62. The van der Waals surface area contributed by atoms with E-state index in [0.29, 0.717) is 33.8 Å². The summed E-state index contributed by atoms with van der Waals surface area (Å²) in [5, 5.41) is 3.88. The number of carbonyl (C=O) groups excluding carboxylic acids is 1. The molecule has 0 aliphatic carbocycles. The molecule has 132 valence electrons. The highest BCUT2D eigenvalue weighted by molar-refractivity contribution is 9.10. The zero-order chi connectivity index (χ0) is 18.4. The average Bonchev–Trinajstić information content (AvgIpc) is 2.54. The Kier molecular flexibility index (Phi) is 6.29. The highest BCUT2D eigenvalue weighted by Crippen LogP contribution is 2.36. The molecule has 0 atom stereocenters. The molecule has 0 fully saturated rings. The van der Waals surface area contributed by atoms with Crippen LogP contribution in [0.5, 0.6) is 11.5 Å². The largest absolute Gasteiger partial charge is 0.492 e. The Morgan fingerprint density at radius 3 is 2.84 bits per heavy atom. The van der Waals surface area contributed by atoms with Gasteiger partial charge in [-0.1, -0.05) is 0 Å². The first-order valence-electron chi connectivity index (χ1n) is 7.36. The number of aromatic amines is 1. The number of rotatable bonds is 6. The van der Waals surface area contributed by atoms with E-state index in [1.165, 1.54) is 12.3 Å². The number of benzene rings is 1. The standard InChI is InChI=1S/C16H17BrN4O4/c1-4-25-13-7-10(6-11(17)14(13)24-3)8-18-21-15(22)12-5-9(2)19-16(23)20-12/h5-8H,4H2,1-3H3,(H,21,22)(H,19,20,23)/b18-8+. The van der Waals surface area contributed by atoms with Crippen LogP contribution < -0.4 is 20.6 Å². The van der Waals surface area contributed by atoms with E-state index >= 15 is 0 Å². The van der Waals surface area contributed by atoms with Crippen LogP contribution in [0.15, 0.2) is 32.6 Å². The fourth-order valence-corrected chi connectivity index (χ4v) is 2.66. The second kappa shape index (κ2) is 8.43. The molecule has 9 heteroatoms. The first-order valence-corrected chi connectivity index (χ1v) is 8.15. The molecule has 8 nitrogen and oxygen atoms in total. The molecule has 1 amide bonds. The molecule has 0 spiro atoms. The summed E-state index contributed by atoms with van der Waals surface area (Å²) in [5.74, 6) is 0.549. The molecule has 0 unspecified atom stereocenters. The van der Waals surface area contributed by atoms with E-state index in [-0.39, 0.29) is 5.69 Å². The third-order valence-electron chi connectivity index (χ3n) is 3.03. The Morgan fingerprint density at radius 2 is 2.20 bits per heavy atom. The third kappa shape index (κ3) is 4.90. The van der Waals surface area contributed by atoms with Crippen LogP contribution in [0.3, 0.4) is 0 Å². The highest BCUT2D eigenvalue weighted by Gasteiger charge is 2.11. The van der Waals surface area contributed by atoms with E-state index in [4.69, 9.17) is 9.47 Å². The van der Waals surface area contributed by atoms with E-state index in [1.54, 1.807) is 26.2 Å². The Labute approximate surface area is 152 Å². The van der Waals surface area contributed by atoms with E-state index in [0.717, 1.165) is 0 Å². The molecule has 0 aliphatic heterocycles. The zero-order valence-electron chi connectivity index (χ0n) is 13.9. The van der Waals surface area contributed by atoms with Gasteiger partial charge in [0.25, 0.3) is 5.91 Å². The monoisotopic (exact) mass is 408 g/mol. The molecule has 1 aromatic heterocycles. The van der Waals surface area contributed by atoms with E-state index in [9.17, 15) is 9.59 Å². The number of H-pyrrole nitrogens is 1. The van der Waals surface area contributed by atoms with Crippen molar-refractivity contribution in [3.63, 3.8) is 0 Å². The highest BCUT2D eigenvalue weighted by atomic mass is 79.9. The van der Waals surface area contributed by atoms with Crippen molar-refractivity contribution in [3.05, 3.63) is 50.1 Å². The van der Waals surface area contributed by atoms with Crippen LogP contribution in [0.2, 0.25) is 0 Å². The first kappa shape index (κ1) is 18.7. The lowest BCUT2D eigenvalue weighted by atomic mass is 10.2. The summed E-state index contributed by atoms with van der Waals surface area (Å²) in [6.45, 7) is 4.01. The molecular weight excluding hydrogens is 392 g/mol. The van der Waals surface area contributed by atoms with Gasteiger partial charge in [-0.05, 0) is 53.5 Å². The van der Waals surface area contributed by atoms with Gasteiger partial charge < -0.3 is 14.5 Å². The number of aromatic nitrogens is 2. The lowest BCUT2D eigenvalue weighted by Gasteiger charge is -2.11. The molecule has 0 aliphatic rings. The fraction of sp³-hybridized carbons (Fsp3) is 0.250. The molecule has 0 saturated heterocycles. The van der Waals surface area contributed by atoms with Gasteiger partial charge in [0, 0.05) is 5.69 Å². The predicted molar refractivity (Wildman–Crippen MR) is 96.5 cm³/mol. The summed E-state index contributed by atoms with van der Waals surface area (Å²) in [5.41, 5.74) is 2.95. The first-order chi connectivity index (χ1) is 11.9. The van der Waals surface area contributed by atoms with Crippen LogP contribution in [-0.2, 0) is 0 Å². The molecular formula is C16H17BrN4O4. The minimum Gasteiger partial charge on any atom is -0.492 e. The number of ether oxygens (including phenoxy) is 2. The summed E-state index contributed by atoms with van der Waals surface area (Å²) < 4.78 is 11.5. The number of hydrogen-bond acceptors (Lipinski definition) is 6.